The number of nitrogens with one attached hydrogen (secondary N) is 2. The zero-order valence-corrected chi connectivity index (χ0v) is 9.30. The molecule has 2 N–H and O–H groups in total. The summed E-state index contributed by atoms with van der Waals surface area (Å²) in [5.41, 5.74) is 0. The van der Waals surface area contributed by atoms with Gasteiger partial charge in [0.2, 0.25) is 0 Å². The molecule has 1 saturated heterocycles. The molecule has 0 bridgehead atoms. The van der Waals surface area contributed by atoms with E-state index in [0.717, 1.165) is 0 Å². The molecule has 0 radical (unpaired) electrons. The maximum Gasteiger partial charge on any atom is 0.279 e. The molecule has 14 heavy (non-hydrogen) atoms. The van der Waals surface area contributed by atoms with Crippen molar-refractivity contribution in [2.24, 2.45) is 0 Å². The number of nitrogens with zero attached hydrogens (tertiary/aromatic N) is 1. The second kappa shape index (κ2) is 5.04. The Bertz CT molecular complexity index is 265. The van der Waals surface area contributed by atoms with E-state index in [4.69, 9.17) is 4.74 Å². The van der Waals surface area contributed by atoms with E-state index in [1.165, 1.54) is 11.4 Å². The fourth-order valence-corrected chi connectivity index (χ4v) is 2.33. The van der Waals surface area contributed by atoms with Gasteiger partial charge in [0, 0.05) is 26.7 Å². The van der Waals surface area contributed by atoms with Crippen LogP contribution in [0.5, 0.6) is 0 Å². The minimum absolute atomic E-state index is 0.0584. The molecule has 1 atom stereocenters. The highest BCUT2D eigenvalue weighted by Gasteiger charge is 2.27. The van der Waals surface area contributed by atoms with E-state index in [0.29, 0.717) is 26.2 Å². The molecule has 1 aliphatic rings. The minimum Gasteiger partial charge on any atom is -0.374 e. The molecule has 0 aliphatic carbocycles. The van der Waals surface area contributed by atoms with Gasteiger partial charge in [0.1, 0.15) is 0 Å². The van der Waals surface area contributed by atoms with Gasteiger partial charge in [0.05, 0.1) is 12.7 Å². The van der Waals surface area contributed by atoms with Crippen LogP contribution in [0.15, 0.2) is 0 Å². The Labute approximate surface area is 84.8 Å². The first kappa shape index (κ1) is 11.9. The third kappa shape index (κ3) is 2.89. The molecule has 0 aromatic carbocycles. The van der Waals surface area contributed by atoms with Crippen LogP contribution >= 0.6 is 0 Å². The Kier molecular flexibility index (Phi) is 4.27. The van der Waals surface area contributed by atoms with Crippen LogP contribution in [0.4, 0.5) is 0 Å². The van der Waals surface area contributed by atoms with Crippen molar-refractivity contribution in [2.75, 3.05) is 40.3 Å². The Hall–Kier alpha value is -0.210. The molecule has 6 nitrogen and oxygen atoms in total. The maximum atomic E-state index is 11.4. The number of hydrogen-bond donors (Lipinski definition) is 2. The van der Waals surface area contributed by atoms with Gasteiger partial charge >= 0.3 is 0 Å². The van der Waals surface area contributed by atoms with Gasteiger partial charge in [0.15, 0.2) is 0 Å². The highest BCUT2D eigenvalue weighted by atomic mass is 32.2. The Balaban J connectivity index is 2.56. The van der Waals surface area contributed by atoms with Crippen LogP contribution in [0, 0.1) is 0 Å². The fraction of sp³-hybridized carbons (Fsp3) is 1.00. The van der Waals surface area contributed by atoms with Crippen molar-refractivity contribution >= 4 is 10.2 Å². The lowest BCUT2D eigenvalue weighted by Crippen LogP contribution is -2.51. The summed E-state index contributed by atoms with van der Waals surface area (Å²) in [7, 11) is -0.0680. The van der Waals surface area contributed by atoms with Gasteiger partial charge < -0.3 is 10.1 Å². The molecule has 0 amide bonds. The highest BCUT2D eigenvalue weighted by molar-refractivity contribution is 7.87. The molecular formula is C7H17N3O3S. The number of likely N-dealkylation sites (N-methyl/N-ethyl adjacent to an activating group) is 1. The topological polar surface area (TPSA) is 70.7 Å². The number of rotatable bonds is 4. The van der Waals surface area contributed by atoms with Crippen LogP contribution in [0.1, 0.15) is 0 Å². The third-order valence-corrected chi connectivity index (χ3v) is 3.66. The van der Waals surface area contributed by atoms with Crippen LogP contribution < -0.4 is 10.0 Å². The number of morpholine rings is 1. The normalized spacial score (nSPS) is 25.1. The van der Waals surface area contributed by atoms with Crippen molar-refractivity contribution in [3.8, 4) is 0 Å². The average Bonchev–Trinajstić information content (AvgIpc) is 2.19. The van der Waals surface area contributed by atoms with E-state index >= 15 is 0 Å². The first-order chi connectivity index (χ1) is 6.60. The standard InChI is InChI=1S/C7H17N3O3S/c1-8-5-7-6-10(3-4-13-7)14(11,12)9-2/h7-9H,3-6H2,1-2H3. The van der Waals surface area contributed by atoms with Crippen LogP contribution in [0.3, 0.4) is 0 Å². The third-order valence-electron chi connectivity index (χ3n) is 2.13. The lowest BCUT2D eigenvalue weighted by molar-refractivity contribution is 0.000535. The predicted molar refractivity (Wildman–Crippen MR) is 53.2 cm³/mol. The van der Waals surface area contributed by atoms with E-state index in [1.54, 1.807) is 0 Å². The second-order valence-corrected chi connectivity index (χ2v) is 4.99. The highest BCUT2D eigenvalue weighted by Crippen LogP contribution is 2.07. The molecule has 84 valence electrons. The van der Waals surface area contributed by atoms with Crippen molar-refractivity contribution < 1.29 is 13.2 Å². The Morgan fingerprint density at radius 3 is 2.79 bits per heavy atom. The fourth-order valence-electron chi connectivity index (χ4n) is 1.39. The first-order valence-electron chi connectivity index (χ1n) is 4.55. The van der Waals surface area contributed by atoms with Crippen LogP contribution in [0.25, 0.3) is 0 Å². The molecule has 0 aromatic rings. The number of ether oxygens (including phenoxy) is 1. The summed E-state index contributed by atoms with van der Waals surface area (Å²) in [4.78, 5) is 0. The van der Waals surface area contributed by atoms with Crippen LogP contribution in [-0.4, -0.2) is 59.2 Å². The van der Waals surface area contributed by atoms with Crippen molar-refractivity contribution in [3.05, 3.63) is 0 Å². The van der Waals surface area contributed by atoms with Gasteiger partial charge in [-0.25, -0.2) is 4.72 Å². The smallest absolute Gasteiger partial charge is 0.279 e. The molecule has 0 spiro atoms. The van der Waals surface area contributed by atoms with Gasteiger partial charge in [-0.15, -0.1) is 0 Å². The lowest BCUT2D eigenvalue weighted by Gasteiger charge is -2.31. The SMILES string of the molecule is CNCC1CN(S(=O)(=O)NC)CCO1. The summed E-state index contributed by atoms with van der Waals surface area (Å²) >= 11 is 0. The Morgan fingerprint density at radius 1 is 1.50 bits per heavy atom. The predicted octanol–water partition coefficient (Wildman–Crippen LogP) is -1.63. The molecule has 1 unspecified atom stereocenters. The molecular weight excluding hydrogens is 206 g/mol. The zero-order valence-electron chi connectivity index (χ0n) is 8.49. The van der Waals surface area contributed by atoms with Gasteiger partial charge in [-0.1, -0.05) is 0 Å². The summed E-state index contributed by atoms with van der Waals surface area (Å²) in [6.45, 7) is 1.94. The van der Waals surface area contributed by atoms with Gasteiger partial charge in [-0.2, -0.15) is 12.7 Å². The van der Waals surface area contributed by atoms with E-state index in [1.807, 2.05) is 7.05 Å². The number of hydrogen-bond acceptors (Lipinski definition) is 4. The molecule has 7 heteroatoms. The maximum absolute atomic E-state index is 11.4. The van der Waals surface area contributed by atoms with E-state index in [9.17, 15) is 8.42 Å². The summed E-state index contributed by atoms with van der Waals surface area (Å²) in [5, 5.41) is 2.96. The summed E-state index contributed by atoms with van der Waals surface area (Å²) < 4.78 is 32.0. The van der Waals surface area contributed by atoms with Crippen molar-refractivity contribution in [2.45, 2.75) is 6.10 Å². The molecule has 1 aliphatic heterocycles. The van der Waals surface area contributed by atoms with Crippen molar-refractivity contribution in [3.63, 3.8) is 0 Å². The zero-order chi connectivity index (χ0) is 10.6. The molecule has 1 heterocycles. The lowest BCUT2D eigenvalue weighted by atomic mass is 10.3. The summed E-state index contributed by atoms with van der Waals surface area (Å²) in [6.07, 6.45) is -0.0584. The monoisotopic (exact) mass is 223 g/mol. The van der Waals surface area contributed by atoms with Crippen LogP contribution in [0.2, 0.25) is 0 Å². The average molecular weight is 223 g/mol. The molecule has 0 saturated carbocycles. The van der Waals surface area contributed by atoms with Gasteiger partial charge in [0.25, 0.3) is 10.2 Å². The van der Waals surface area contributed by atoms with Crippen LogP contribution in [-0.2, 0) is 14.9 Å². The van der Waals surface area contributed by atoms with E-state index in [2.05, 4.69) is 10.0 Å². The minimum atomic E-state index is -3.30. The van der Waals surface area contributed by atoms with Gasteiger partial charge in [-0.3, -0.25) is 0 Å². The van der Waals surface area contributed by atoms with E-state index < -0.39 is 10.2 Å². The first-order valence-corrected chi connectivity index (χ1v) is 5.99. The molecule has 0 aromatic heterocycles. The van der Waals surface area contributed by atoms with Crippen molar-refractivity contribution in [1.82, 2.24) is 14.3 Å². The largest absolute Gasteiger partial charge is 0.374 e. The Morgan fingerprint density at radius 2 is 2.21 bits per heavy atom. The molecule has 1 rings (SSSR count). The quantitative estimate of drug-likeness (QED) is 0.600. The summed E-state index contributed by atoms with van der Waals surface area (Å²) in [5.74, 6) is 0. The van der Waals surface area contributed by atoms with Crippen molar-refractivity contribution in [1.29, 1.82) is 0 Å². The summed E-state index contributed by atoms with van der Waals surface area (Å²) in [6, 6.07) is 0. The van der Waals surface area contributed by atoms with Gasteiger partial charge in [-0.05, 0) is 7.05 Å². The second-order valence-electron chi connectivity index (χ2n) is 3.12. The van der Waals surface area contributed by atoms with E-state index in [-0.39, 0.29) is 6.10 Å². The molecule has 1 fully saturated rings.